The number of nitrogens with two attached hydrogens (primary N) is 1. The predicted molar refractivity (Wildman–Crippen MR) is 89.1 cm³/mol. The minimum Gasteiger partial charge on any atom is -0.398 e. The molecule has 106 valence electrons. The van der Waals surface area contributed by atoms with Gasteiger partial charge in [0.1, 0.15) is 0 Å². The molecule has 0 atom stereocenters. The van der Waals surface area contributed by atoms with Crippen molar-refractivity contribution in [1.82, 2.24) is 20.2 Å². The number of benzene rings is 2. The molecule has 0 spiro atoms. The van der Waals surface area contributed by atoms with Gasteiger partial charge in [-0.3, -0.25) is 0 Å². The largest absolute Gasteiger partial charge is 0.398 e. The molecule has 2 aromatic carbocycles. The van der Waals surface area contributed by atoms with Crippen LogP contribution in [0.4, 0.5) is 5.69 Å². The Balaban J connectivity index is 2.28. The first-order valence-electron chi connectivity index (χ1n) is 6.18. The third kappa shape index (κ3) is 2.47. The Morgan fingerprint density at radius 1 is 1.05 bits per heavy atom. The standard InChI is InChI=1S/C14H11Br2N5/c1-8-4-2-7-11(17)12(8)14-18-19-20-21(14)13-9(15)5-3-6-10(13)16/h2-7H,17H2,1H3. The van der Waals surface area contributed by atoms with Crippen LogP contribution in [0.1, 0.15) is 5.56 Å². The van der Waals surface area contributed by atoms with Crippen LogP contribution in [-0.4, -0.2) is 20.2 Å². The molecule has 0 radical (unpaired) electrons. The van der Waals surface area contributed by atoms with Gasteiger partial charge < -0.3 is 5.73 Å². The molecule has 0 saturated heterocycles. The van der Waals surface area contributed by atoms with Gasteiger partial charge in [-0.25, -0.2) is 0 Å². The number of nitrogens with zero attached hydrogens (tertiary/aromatic N) is 4. The summed E-state index contributed by atoms with van der Waals surface area (Å²) < 4.78 is 3.45. The Hall–Kier alpha value is -1.73. The predicted octanol–water partition coefficient (Wildman–Crippen LogP) is 3.74. The van der Waals surface area contributed by atoms with Crippen LogP contribution in [0.25, 0.3) is 17.1 Å². The fraction of sp³-hybridized carbons (Fsp3) is 0.0714. The number of hydrogen-bond donors (Lipinski definition) is 1. The SMILES string of the molecule is Cc1cccc(N)c1-c1nnnn1-c1c(Br)cccc1Br. The van der Waals surface area contributed by atoms with Gasteiger partial charge in [-0.15, -0.1) is 5.10 Å². The molecule has 1 heterocycles. The van der Waals surface area contributed by atoms with E-state index in [9.17, 15) is 0 Å². The Morgan fingerprint density at radius 2 is 1.71 bits per heavy atom. The summed E-state index contributed by atoms with van der Waals surface area (Å²) in [5.74, 6) is 0.609. The lowest BCUT2D eigenvalue weighted by molar-refractivity contribution is 0.786. The molecule has 3 rings (SSSR count). The zero-order chi connectivity index (χ0) is 15.0. The van der Waals surface area contributed by atoms with E-state index >= 15 is 0 Å². The van der Waals surface area contributed by atoms with Crippen molar-refractivity contribution in [2.75, 3.05) is 5.73 Å². The van der Waals surface area contributed by atoms with Gasteiger partial charge in [-0.2, -0.15) is 4.68 Å². The number of rotatable bonds is 2. The van der Waals surface area contributed by atoms with Crippen molar-refractivity contribution < 1.29 is 0 Å². The Labute approximate surface area is 138 Å². The first-order valence-corrected chi connectivity index (χ1v) is 7.76. The molecule has 0 aliphatic rings. The zero-order valence-corrected chi connectivity index (χ0v) is 14.3. The third-order valence-electron chi connectivity index (χ3n) is 3.15. The number of para-hydroxylation sites is 1. The summed E-state index contributed by atoms with van der Waals surface area (Å²) in [7, 11) is 0. The summed E-state index contributed by atoms with van der Waals surface area (Å²) in [5.41, 5.74) is 9.44. The van der Waals surface area contributed by atoms with E-state index in [2.05, 4.69) is 47.4 Å². The number of anilines is 1. The lowest BCUT2D eigenvalue weighted by atomic mass is 10.1. The molecule has 3 aromatic rings. The van der Waals surface area contributed by atoms with Gasteiger partial charge in [-0.1, -0.05) is 18.2 Å². The van der Waals surface area contributed by atoms with Crippen LogP contribution in [0.2, 0.25) is 0 Å². The van der Waals surface area contributed by atoms with E-state index < -0.39 is 0 Å². The van der Waals surface area contributed by atoms with Crippen LogP contribution in [0.5, 0.6) is 0 Å². The lowest BCUT2D eigenvalue weighted by Crippen LogP contribution is -2.04. The highest BCUT2D eigenvalue weighted by atomic mass is 79.9. The summed E-state index contributed by atoms with van der Waals surface area (Å²) in [6.45, 7) is 1.99. The summed E-state index contributed by atoms with van der Waals surface area (Å²) in [6, 6.07) is 11.6. The molecule has 0 saturated carbocycles. The Morgan fingerprint density at radius 3 is 2.38 bits per heavy atom. The number of aromatic nitrogens is 4. The van der Waals surface area contributed by atoms with Crippen LogP contribution in [0.3, 0.4) is 0 Å². The zero-order valence-electron chi connectivity index (χ0n) is 11.1. The lowest BCUT2D eigenvalue weighted by Gasteiger charge is -2.12. The van der Waals surface area contributed by atoms with Crippen molar-refractivity contribution in [2.45, 2.75) is 6.92 Å². The highest BCUT2D eigenvalue weighted by Crippen LogP contribution is 2.33. The van der Waals surface area contributed by atoms with E-state index in [0.29, 0.717) is 11.5 Å². The van der Waals surface area contributed by atoms with E-state index in [1.165, 1.54) is 0 Å². The Bertz CT molecular complexity index is 706. The normalized spacial score (nSPS) is 10.8. The molecule has 0 unspecified atom stereocenters. The van der Waals surface area contributed by atoms with Crippen molar-refractivity contribution in [3.05, 3.63) is 50.9 Å². The average molecular weight is 409 g/mol. The van der Waals surface area contributed by atoms with Crippen LogP contribution < -0.4 is 5.73 Å². The van der Waals surface area contributed by atoms with Crippen molar-refractivity contribution in [1.29, 1.82) is 0 Å². The maximum Gasteiger partial charge on any atom is 0.189 e. The maximum atomic E-state index is 6.10. The van der Waals surface area contributed by atoms with Gasteiger partial charge >= 0.3 is 0 Å². The van der Waals surface area contributed by atoms with Crippen LogP contribution >= 0.6 is 31.9 Å². The van der Waals surface area contributed by atoms with Crippen LogP contribution in [0, 0.1) is 6.92 Å². The number of halogens is 2. The summed E-state index contributed by atoms with van der Waals surface area (Å²) in [4.78, 5) is 0. The fourth-order valence-corrected chi connectivity index (χ4v) is 3.52. The van der Waals surface area contributed by atoms with Crippen molar-refractivity contribution in [3.63, 3.8) is 0 Å². The fourth-order valence-electron chi connectivity index (χ4n) is 2.18. The average Bonchev–Trinajstić information content (AvgIpc) is 2.87. The molecule has 1 aromatic heterocycles. The Kier molecular flexibility index (Phi) is 3.77. The number of tetrazole rings is 1. The summed E-state index contributed by atoms with van der Waals surface area (Å²) in [5, 5.41) is 12.1. The highest BCUT2D eigenvalue weighted by Gasteiger charge is 2.18. The highest BCUT2D eigenvalue weighted by molar-refractivity contribution is 9.11. The number of nitrogen functional groups attached to an aromatic ring is 1. The first kappa shape index (κ1) is 14.2. The second-order valence-electron chi connectivity index (χ2n) is 4.52. The van der Waals surface area contributed by atoms with Crippen molar-refractivity contribution in [2.24, 2.45) is 0 Å². The molecular formula is C14H11Br2N5. The molecule has 0 bridgehead atoms. The monoisotopic (exact) mass is 407 g/mol. The molecule has 0 fully saturated rings. The van der Waals surface area contributed by atoms with Crippen LogP contribution in [-0.2, 0) is 0 Å². The van der Waals surface area contributed by atoms with Crippen molar-refractivity contribution >= 4 is 37.5 Å². The topological polar surface area (TPSA) is 69.6 Å². The van der Waals surface area contributed by atoms with Gasteiger partial charge in [0.25, 0.3) is 0 Å². The van der Waals surface area contributed by atoms with E-state index in [-0.39, 0.29) is 0 Å². The second kappa shape index (κ2) is 5.57. The first-order chi connectivity index (χ1) is 10.1. The van der Waals surface area contributed by atoms with Gasteiger partial charge in [0.15, 0.2) is 5.82 Å². The van der Waals surface area contributed by atoms with E-state index in [0.717, 1.165) is 25.8 Å². The molecule has 0 amide bonds. The second-order valence-corrected chi connectivity index (χ2v) is 6.23. The van der Waals surface area contributed by atoms with Gasteiger partial charge in [0.2, 0.25) is 0 Å². The molecule has 0 aliphatic carbocycles. The molecule has 21 heavy (non-hydrogen) atoms. The van der Waals surface area contributed by atoms with Gasteiger partial charge in [0.05, 0.1) is 5.69 Å². The van der Waals surface area contributed by atoms with Crippen molar-refractivity contribution in [3.8, 4) is 17.1 Å². The quantitative estimate of drug-likeness (QED) is 0.655. The van der Waals surface area contributed by atoms with Gasteiger partial charge in [0, 0.05) is 20.2 Å². The number of hydrogen-bond acceptors (Lipinski definition) is 4. The molecule has 2 N–H and O–H groups in total. The van der Waals surface area contributed by atoms with E-state index in [1.807, 2.05) is 43.3 Å². The smallest absolute Gasteiger partial charge is 0.189 e. The molecular weight excluding hydrogens is 398 g/mol. The van der Waals surface area contributed by atoms with E-state index in [4.69, 9.17) is 5.73 Å². The van der Waals surface area contributed by atoms with Gasteiger partial charge in [-0.05, 0) is 73.0 Å². The third-order valence-corrected chi connectivity index (χ3v) is 4.43. The van der Waals surface area contributed by atoms with Crippen LogP contribution in [0.15, 0.2) is 45.3 Å². The summed E-state index contributed by atoms with van der Waals surface area (Å²) in [6.07, 6.45) is 0. The molecule has 7 heteroatoms. The molecule has 5 nitrogen and oxygen atoms in total. The summed E-state index contributed by atoms with van der Waals surface area (Å²) >= 11 is 7.07. The minimum absolute atomic E-state index is 0.609. The maximum absolute atomic E-state index is 6.10. The minimum atomic E-state index is 0.609. The number of aryl methyl sites for hydroxylation is 1. The molecule has 0 aliphatic heterocycles. The van der Waals surface area contributed by atoms with E-state index in [1.54, 1.807) is 4.68 Å².